The Morgan fingerprint density at radius 3 is 2.92 bits per heavy atom. The predicted octanol–water partition coefficient (Wildman–Crippen LogP) is 1.64. The summed E-state index contributed by atoms with van der Waals surface area (Å²) in [4.78, 5) is 4.20. The summed E-state index contributed by atoms with van der Waals surface area (Å²) in [6.07, 6.45) is 3.77. The zero-order valence-corrected chi connectivity index (χ0v) is 7.40. The van der Waals surface area contributed by atoms with Gasteiger partial charge in [-0.15, -0.1) is 0 Å². The van der Waals surface area contributed by atoms with E-state index in [9.17, 15) is 0 Å². The van der Waals surface area contributed by atoms with Gasteiger partial charge >= 0.3 is 0 Å². The molecule has 2 nitrogen and oxygen atoms in total. The summed E-state index contributed by atoms with van der Waals surface area (Å²) < 4.78 is 0. The molecule has 1 unspecified atom stereocenters. The Labute approximate surface area is 73.3 Å². The predicted molar refractivity (Wildman–Crippen MR) is 48.8 cm³/mol. The summed E-state index contributed by atoms with van der Waals surface area (Å²) in [5, 5.41) is 8.79. The molecule has 66 valence electrons. The Morgan fingerprint density at radius 1 is 1.50 bits per heavy atom. The van der Waals surface area contributed by atoms with Crippen LogP contribution in [0.25, 0.3) is 0 Å². The van der Waals surface area contributed by atoms with Crippen LogP contribution in [0.4, 0.5) is 0 Å². The first-order valence-electron chi connectivity index (χ1n) is 4.33. The summed E-state index contributed by atoms with van der Waals surface area (Å²) in [6.45, 7) is 2.32. The lowest BCUT2D eigenvalue weighted by Crippen LogP contribution is -2.02. The summed E-state index contributed by atoms with van der Waals surface area (Å²) in [5.74, 6) is 0.381. The molecule has 0 aliphatic heterocycles. The topological polar surface area (TPSA) is 33.1 Å². The number of hydrogen-bond acceptors (Lipinski definition) is 2. The molecule has 2 heteroatoms. The molecule has 0 amide bonds. The molecule has 0 aliphatic rings. The van der Waals surface area contributed by atoms with Gasteiger partial charge in [-0.3, -0.25) is 4.98 Å². The fraction of sp³-hybridized carbons (Fsp3) is 0.500. The van der Waals surface area contributed by atoms with Gasteiger partial charge in [0.05, 0.1) is 0 Å². The van der Waals surface area contributed by atoms with Crippen LogP contribution in [0.15, 0.2) is 24.4 Å². The molecular weight excluding hydrogens is 150 g/mol. The van der Waals surface area contributed by atoms with Gasteiger partial charge in [0.2, 0.25) is 0 Å². The molecule has 1 N–H and O–H groups in total. The van der Waals surface area contributed by atoms with Gasteiger partial charge in [0, 0.05) is 18.5 Å². The van der Waals surface area contributed by atoms with Gasteiger partial charge in [0.15, 0.2) is 0 Å². The van der Waals surface area contributed by atoms with Crippen molar-refractivity contribution in [1.29, 1.82) is 0 Å². The van der Waals surface area contributed by atoms with Crippen LogP contribution in [0.3, 0.4) is 0 Å². The van der Waals surface area contributed by atoms with Gasteiger partial charge in [-0.2, -0.15) is 0 Å². The van der Waals surface area contributed by atoms with Gasteiger partial charge in [-0.1, -0.05) is 13.0 Å². The number of aliphatic hydroxyl groups is 1. The monoisotopic (exact) mass is 165 g/mol. The normalized spacial score (nSPS) is 12.8. The van der Waals surface area contributed by atoms with Gasteiger partial charge < -0.3 is 5.11 Å². The van der Waals surface area contributed by atoms with Crippen molar-refractivity contribution in [2.24, 2.45) is 5.92 Å². The van der Waals surface area contributed by atoms with E-state index in [0.29, 0.717) is 5.92 Å². The Morgan fingerprint density at radius 2 is 2.33 bits per heavy atom. The Kier molecular flexibility index (Phi) is 3.74. The quantitative estimate of drug-likeness (QED) is 0.735. The highest BCUT2D eigenvalue weighted by Crippen LogP contribution is 2.05. The second-order valence-corrected chi connectivity index (χ2v) is 3.15. The molecule has 1 rings (SSSR count). The van der Waals surface area contributed by atoms with Gasteiger partial charge in [0.25, 0.3) is 0 Å². The highest BCUT2D eigenvalue weighted by Gasteiger charge is 2.00. The van der Waals surface area contributed by atoms with Crippen molar-refractivity contribution in [3.05, 3.63) is 30.1 Å². The molecule has 0 fully saturated rings. The zero-order chi connectivity index (χ0) is 8.81. The SMILES string of the molecule is CC(CO)CCc1ccccn1. The number of nitrogens with zero attached hydrogens (tertiary/aromatic N) is 1. The van der Waals surface area contributed by atoms with Crippen molar-refractivity contribution in [3.8, 4) is 0 Å². The Hall–Kier alpha value is -0.890. The first-order chi connectivity index (χ1) is 5.83. The summed E-state index contributed by atoms with van der Waals surface area (Å²) in [7, 11) is 0. The van der Waals surface area contributed by atoms with E-state index in [0.717, 1.165) is 18.5 Å². The molecule has 0 radical (unpaired) electrons. The van der Waals surface area contributed by atoms with Crippen molar-refractivity contribution < 1.29 is 5.11 Å². The summed E-state index contributed by atoms with van der Waals surface area (Å²) in [6, 6.07) is 5.93. The standard InChI is InChI=1S/C10H15NO/c1-9(8-12)5-6-10-4-2-3-7-11-10/h2-4,7,9,12H,5-6,8H2,1H3. The van der Waals surface area contributed by atoms with Crippen LogP contribution in [0, 0.1) is 5.92 Å². The van der Waals surface area contributed by atoms with Crippen molar-refractivity contribution in [2.75, 3.05) is 6.61 Å². The average Bonchev–Trinajstić information content (AvgIpc) is 2.16. The van der Waals surface area contributed by atoms with E-state index >= 15 is 0 Å². The largest absolute Gasteiger partial charge is 0.396 e. The number of aromatic nitrogens is 1. The molecule has 0 saturated heterocycles. The zero-order valence-electron chi connectivity index (χ0n) is 7.40. The molecule has 1 heterocycles. The van der Waals surface area contributed by atoms with E-state index in [1.165, 1.54) is 0 Å². The summed E-state index contributed by atoms with van der Waals surface area (Å²) >= 11 is 0. The number of aryl methyl sites for hydroxylation is 1. The number of pyridine rings is 1. The highest BCUT2D eigenvalue weighted by atomic mass is 16.3. The fourth-order valence-electron chi connectivity index (χ4n) is 1.03. The third kappa shape index (κ3) is 3.01. The van der Waals surface area contributed by atoms with E-state index in [4.69, 9.17) is 5.11 Å². The molecule has 0 spiro atoms. The maximum absolute atomic E-state index is 8.79. The highest BCUT2D eigenvalue weighted by molar-refractivity contribution is 5.03. The van der Waals surface area contributed by atoms with E-state index in [1.807, 2.05) is 25.1 Å². The van der Waals surface area contributed by atoms with Crippen molar-refractivity contribution in [3.63, 3.8) is 0 Å². The second-order valence-electron chi connectivity index (χ2n) is 3.15. The minimum absolute atomic E-state index is 0.271. The van der Waals surface area contributed by atoms with Crippen LogP contribution >= 0.6 is 0 Å². The third-order valence-electron chi connectivity index (χ3n) is 1.93. The first kappa shape index (κ1) is 9.20. The summed E-state index contributed by atoms with van der Waals surface area (Å²) in [5.41, 5.74) is 1.11. The average molecular weight is 165 g/mol. The molecule has 1 aromatic rings. The maximum atomic E-state index is 8.79. The van der Waals surface area contributed by atoms with Gasteiger partial charge in [-0.25, -0.2) is 0 Å². The number of aliphatic hydroxyl groups excluding tert-OH is 1. The maximum Gasteiger partial charge on any atom is 0.0456 e. The lowest BCUT2D eigenvalue weighted by atomic mass is 10.1. The Bertz CT molecular complexity index is 210. The first-order valence-corrected chi connectivity index (χ1v) is 4.33. The van der Waals surface area contributed by atoms with E-state index in [1.54, 1.807) is 6.20 Å². The molecule has 1 atom stereocenters. The molecule has 1 aromatic heterocycles. The minimum atomic E-state index is 0.271. The van der Waals surface area contributed by atoms with E-state index < -0.39 is 0 Å². The minimum Gasteiger partial charge on any atom is -0.396 e. The smallest absolute Gasteiger partial charge is 0.0456 e. The van der Waals surface area contributed by atoms with Crippen LogP contribution in [0.1, 0.15) is 19.0 Å². The molecule has 12 heavy (non-hydrogen) atoms. The fourth-order valence-corrected chi connectivity index (χ4v) is 1.03. The van der Waals surface area contributed by atoms with Gasteiger partial charge in [-0.05, 0) is 30.9 Å². The van der Waals surface area contributed by atoms with Crippen LogP contribution < -0.4 is 0 Å². The Balaban J connectivity index is 2.33. The van der Waals surface area contributed by atoms with E-state index in [-0.39, 0.29) is 6.61 Å². The molecule has 0 saturated carbocycles. The van der Waals surface area contributed by atoms with Gasteiger partial charge in [0.1, 0.15) is 0 Å². The second kappa shape index (κ2) is 4.88. The van der Waals surface area contributed by atoms with Crippen LogP contribution in [0.2, 0.25) is 0 Å². The van der Waals surface area contributed by atoms with Crippen molar-refractivity contribution in [2.45, 2.75) is 19.8 Å². The van der Waals surface area contributed by atoms with Crippen LogP contribution in [-0.2, 0) is 6.42 Å². The van der Waals surface area contributed by atoms with Crippen LogP contribution in [-0.4, -0.2) is 16.7 Å². The van der Waals surface area contributed by atoms with Crippen molar-refractivity contribution >= 4 is 0 Å². The van der Waals surface area contributed by atoms with Crippen molar-refractivity contribution in [1.82, 2.24) is 4.98 Å². The number of hydrogen-bond donors (Lipinski definition) is 1. The lowest BCUT2D eigenvalue weighted by molar-refractivity contribution is 0.230. The number of rotatable bonds is 4. The third-order valence-corrected chi connectivity index (χ3v) is 1.93. The lowest BCUT2D eigenvalue weighted by Gasteiger charge is -2.05. The molecule has 0 aromatic carbocycles. The molecule has 0 aliphatic carbocycles. The molecule has 0 bridgehead atoms. The van der Waals surface area contributed by atoms with Crippen LogP contribution in [0.5, 0.6) is 0 Å². The van der Waals surface area contributed by atoms with E-state index in [2.05, 4.69) is 4.98 Å². The molecular formula is C10H15NO.